The van der Waals surface area contributed by atoms with Crippen molar-refractivity contribution >= 4 is 39.8 Å². The predicted molar refractivity (Wildman–Crippen MR) is 183 cm³/mol. The molecule has 5 aromatic carbocycles. The second-order valence-corrected chi connectivity index (χ2v) is 11.9. The summed E-state index contributed by atoms with van der Waals surface area (Å²) in [5.41, 5.74) is 4.35. The molecule has 1 aliphatic rings. The van der Waals surface area contributed by atoms with Crippen LogP contribution < -0.4 is 4.74 Å². The van der Waals surface area contributed by atoms with Gasteiger partial charge < -0.3 is 9.47 Å². The number of carbonyl (C=O) groups excluding carboxylic acids is 2. The summed E-state index contributed by atoms with van der Waals surface area (Å²) in [5, 5.41) is 10.0. The van der Waals surface area contributed by atoms with E-state index in [4.69, 9.17) is 9.47 Å². The van der Waals surface area contributed by atoms with Crippen molar-refractivity contribution < 1.29 is 19.1 Å². The normalized spacial score (nSPS) is 13.3. The molecule has 0 fully saturated rings. The molecule has 0 spiro atoms. The fraction of sp³-hybridized carbons (Fsp3) is 0.200. The number of esters is 1. The Kier molecular flexibility index (Phi) is 8.60. The van der Waals surface area contributed by atoms with Gasteiger partial charge in [-0.25, -0.2) is 4.79 Å². The van der Waals surface area contributed by atoms with Crippen molar-refractivity contribution in [1.82, 2.24) is 15.0 Å². The number of ether oxygens (including phenoxy) is 2. The highest BCUT2D eigenvalue weighted by Crippen LogP contribution is 2.44. The quantitative estimate of drug-likeness (QED) is 0.106. The Balaban J connectivity index is 0.923. The molecule has 0 aliphatic carbocycles. The lowest BCUT2D eigenvalue weighted by atomic mass is 9.83. The molecule has 1 aliphatic heterocycles. The molecular weight excluding hydrogens is 586 g/mol. The fourth-order valence-corrected chi connectivity index (χ4v) is 6.29. The molecule has 0 bridgehead atoms. The summed E-state index contributed by atoms with van der Waals surface area (Å²) >= 11 is 0. The topological polar surface area (TPSA) is 83.3 Å². The minimum absolute atomic E-state index is 0.0421. The first-order chi connectivity index (χ1) is 23.1. The van der Waals surface area contributed by atoms with Crippen LogP contribution in [0.2, 0.25) is 0 Å². The summed E-state index contributed by atoms with van der Waals surface area (Å²) in [7, 11) is 0. The lowest BCUT2D eigenvalue weighted by Crippen LogP contribution is -2.34. The zero-order valence-corrected chi connectivity index (χ0v) is 26.0. The number of unbranched alkanes of at least 4 members (excludes halogenated alkanes) is 4. The van der Waals surface area contributed by atoms with Crippen LogP contribution >= 0.6 is 0 Å². The van der Waals surface area contributed by atoms with Gasteiger partial charge in [0.25, 0.3) is 0 Å². The Hall–Kier alpha value is -5.56. The van der Waals surface area contributed by atoms with Crippen molar-refractivity contribution in [3.8, 4) is 5.75 Å². The smallest absolute Gasteiger partial charge is 0.338 e. The average molecular weight is 622 g/mol. The molecule has 0 amide bonds. The molecule has 0 radical (unpaired) electrons. The largest absolute Gasteiger partial charge is 0.473 e. The number of aromatic nitrogens is 3. The number of nitrogens with zero attached hydrogens (tertiary/aromatic N) is 3. The van der Waals surface area contributed by atoms with Crippen molar-refractivity contribution in [1.29, 1.82) is 0 Å². The summed E-state index contributed by atoms with van der Waals surface area (Å²) in [6.07, 6.45) is 9.07. The number of carbonyl (C=O) groups is 2. The van der Waals surface area contributed by atoms with Gasteiger partial charge in [-0.15, -0.1) is 5.10 Å². The molecular formula is C40H35N3O4. The third-order valence-electron chi connectivity index (χ3n) is 8.77. The van der Waals surface area contributed by atoms with Crippen LogP contribution in [-0.2, 0) is 10.3 Å². The molecule has 0 saturated heterocycles. The third-order valence-corrected chi connectivity index (χ3v) is 8.77. The summed E-state index contributed by atoms with van der Waals surface area (Å²) in [5.74, 6) is 0.424. The molecule has 1 aromatic heterocycles. The van der Waals surface area contributed by atoms with Crippen molar-refractivity contribution in [3.05, 3.63) is 144 Å². The maximum atomic E-state index is 12.9. The van der Waals surface area contributed by atoms with E-state index in [-0.39, 0.29) is 11.9 Å². The average Bonchev–Trinajstić information content (AvgIpc) is 3.57. The van der Waals surface area contributed by atoms with Crippen LogP contribution in [0.25, 0.3) is 27.9 Å². The van der Waals surface area contributed by atoms with Gasteiger partial charge in [0, 0.05) is 23.1 Å². The molecule has 7 heteroatoms. The van der Waals surface area contributed by atoms with E-state index in [1.54, 1.807) is 0 Å². The monoisotopic (exact) mass is 621 g/mol. The third kappa shape index (κ3) is 6.17. The van der Waals surface area contributed by atoms with Gasteiger partial charge in [0.15, 0.2) is 5.60 Å². The van der Waals surface area contributed by atoms with Gasteiger partial charge in [0.2, 0.25) is 5.91 Å². The van der Waals surface area contributed by atoms with E-state index in [2.05, 4.69) is 46.7 Å². The maximum absolute atomic E-state index is 12.9. The van der Waals surface area contributed by atoms with Gasteiger partial charge in [-0.3, -0.25) is 4.79 Å². The molecule has 7 nitrogen and oxygen atoms in total. The summed E-state index contributed by atoms with van der Waals surface area (Å²) in [6.45, 7) is 0.364. The van der Waals surface area contributed by atoms with E-state index in [9.17, 15) is 9.59 Å². The van der Waals surface area contributed by atoms with Gasteiger partial charge in [0.05, 0.1) is 17.7 Å². The second-order valence-electron chi connectivity index (χ2n) is 11.9. The fourth-order valence-electron chi connectivity index (χ4n) is 6.29. The molecule has 0 unspecified atom stereocenters. The van der Waals surface area contributed by atoms with Crippen LogP contribution in [0, 0.1) is 0 Å². The molecule has 0 N–H and O–H groups in total. The highest BCUT2D eigenvalue weighted by atomic mass is 16.5. The molecule has 47 heavy (non-hydrogen) atoms. The highest BCUT2D eigenvalue weighted by molar-refractivity contribution is 5.99. The first-order valence-corrected chi connectivity index (χ1v) is 16.2. The standard InChI is InChI=1S/C40H35N3O4/c44-38(43-36-19-12-11-18-35(36)41-42-43)20-10-2-1-3-13-27-46-39(45)30-21-23-33-29(28-30)22-24-37-34(33)25-26-40(47-37,31-14-6-4-7-15-31)32-16-8-5-9-17-32/h4-9,11-12,14-19,21-26,28H,1-3,10,13,20,27H2. The molecule has 2 heterocycles. The van der Waals surface area contributed by atoms with E-state index in [1.165, 1.54) is 4.68 Å². The van der Waals surface area contributed by atoms with Crippen LogP contribution in [-0.4, -0.2) is 33.5 Å². The van der Waals surface area contributed by atoms with Crippen LogP contribution in [0.4, 0.5) is 0 Å². The number of rotatable bonds is 11. The minimum Gasteiger partial charge on any atom is -0.473 e. The van der Waals surface area contributed by atoms with Gasteiger partial charge in [-0.1, -0.05) is 109 Å². The Labute approximate surface area is 273 Å². The zero-order valence-electron chi connectivity index (χ0n) is 26.0. The van der Waals surface area contributed by atoms with Crippen LogP contribution in [0.1, 0.15) is 70.4 Å². The zero-order chi connectivity index (χ0) is 32.1. The molecule has 0 saturated carbocycles. The van der Waals surface area contributed by atoms with Crippen molar-refractivity contribution in [3.63, 3.8) is 0 Å². The number of hydrogen-bond acceptors (Lipinski definition) is 6. The van der Waals surface area contributed by atoms with E-state index in [1.807, 2.05) is 91.0 Å². The van der Waals surface area contributed by atoms with Crippen molar-refractivity contribution in [2.45, 2.75) is 44.1 Å². The summed E-state index contributed by atoms with van der Waals surface area (Å²) in [6, 6.07) is 37.6. The van der Waals surface area contributed by atoms with Crippen molar-refractivity contribution in [2.24, 2.45) is 0 Å². The minimum atomic E-state index is -0.738. The van der Waals surface area contributed by atoms with E-state index in [0.717, 1.165) is 76.3 Å². The van der Waals surface area contributed by atoms with Gasteiger partial charge in [-0.05, 0) is 66.1 Å². The number of para-hydroxylation sites is 1. The molecule has 6 aromatic rings. The van der Waals surface area contributed by atoms with Crippen LogP contribution in [0.15, 0.2) is 121 Å². The van der Waals surface area contributed by atoms with Crippen LogP contribution in [0.3, 0.4) is 0 Å². The van der Waals surface area contributed by atoms with Crippen molar-refractivity contribution in [2.75, 3.05) is 6.61 Å². The predicted octanol–water partition coefficient (Wildman–Crippen LogP) is 8.77. The lowest BCUT2D eigenvalue weighted by Gasteiger charge is -2.36. The first kappa shape index (κ1) is 30.1. The lowest BCUT2D eigenvalue weighted by molar-refractivity contribution is 0.0497. The second kappa shape index (κ2) is 13.4. The molecule has 7 rings (SSSR count). The Morgan fingerprint density at radius 2 is 1.45 bits per heavy atom. The first-order valence-electron chi connectivity index (χ1n) is 16.2. The Morgan fingerprint density at radius 3 is 2.23 bits per heavy atom. The SMILES string of the molecule is O=C(OCCCCCCCC(=O)n1nnc2ccccc21)c1ccc2c3c(ccc2c1)OC(c1ccccc1)(c1ccccc1)C=C3. The Morgan fingerprint density at radius 1 is 0.745 bits per heavy atom. The van der Waals surface area contributed by atoms with E-state index in [0.29, 0.717) is 18.6 Å². The number of hydrogen-bond donors (Lipinski definition) is 0. The highest BCUT2D eigenvalue weighted by Gasteiger charge is 2.37. The Bertz CT molecular complexity index is 2030. The number of fused-ring (bicyclic) bond motifs is 4. The van der Waals surface area contributed by atoms with E-state index >= 15 is 0 Å². The molecule has 234 valence electrons. The summed E-state index contributed by atoms with van der Waals surface area (Å²) in [4.78, 5) is 25.4. The maximum Gasteiger partial charge on any atom is 0.338 e. The molecule has 0 atom stereocenters. The number of benzene rings is 5. The van der Waals surface area contributed by atoms with Crippen LogP contribution in [0.5, 0.6) is 5.75 Å². The van der Waals surface area contributed by atoms with Gasteiger partial charge in [0.1, 0.15) is 11.3 Å². The van der Waals surface area contributed by atoms with Gasteiger partial charge in [-0.2, -0.15) is 4.68 Å². The van der Waals surface area contributed by atoms with E-state index < -0.39 is 5.60 Å². The summed E-state index contributed by atoms with van der Waals surface area (Å²) < 4.78 is 13.8. The van der Waals surface area contributed by atoms with Gasteiger partial charge >= 0.3 is 5.97 Å².